The van der Waals surface area contributed by atoms with E-state index in [0.29, 0.717) is 6.10 Å². The smallest absolute Gasteiger partial charge is 0.253 e. The Hall–Kier alpha value is -2.40. The summed E-state index contributed by atoms with van der Waals surface area (Å²) in [5.74, 6) is 0.125. The Bertz CT molecular complexity index is 840. The summed E-state index contributed by atoms with van der Waals surface area (Å²) in [6.45, 7) is 4.55. The van der Waals surface area contributed by atoms with Crippen LogP contribution in [0.4, 0.5) is 5.69 Å². The van der Waals surface area contributed by atoms with Gasteiger partial charge < -0.3 is 14.5 Å². The second-order valence-electron chi connectivity index (χ2n) is 8.34. The Kier molecular flexibility index (Phi) is 4.55. The van der Waals surface area contributed by atoms with Crippen LogP contribution in [0.1, 0.15) is 41.6 Å². The highest BCUT2D eigenvalue weighted by molar-refractivity contribution is 5.94. The maximum absolute atomic E-state index is 12.8. The predicted molar refractivity (Wildman–Crippen MR) is 109 cm³/mol. The fourth-order valence-electron chi connectivity index (χ4n) is 5.17. The van der Waals surface area contributed by atoms with E-state index in [0.717, 1.165) is 51.2 Å². The van der Waals surface area contributed by atoms with Gasteiger partial charge in [0, 0.05) is 61.8 Å². The van der Waals surface area contributed by atoms with Gasteiger partial charge in [0.2, 0.25) is 0 Å². The van der Waals surface area contributed by atoms with Crippen LogP contribution in [0.3, 0.4) is 0 Å². The molecule has 3 aliphatic heterocycles. The number of carbonyl (C=O) groups is 1. The molecule has 1 aromatic heterocycles. The first kappa shape index (κ1) is 17.7. The van der Waals surface area contributed by atoms with Gasteiger partial charge in [-0.1, -0.05) is 18.2 Å². The van der Waals surface area contributed by atoms with E-state index in [-0.39, 0.29) is 11.3 Å². The Morgan fingerprint density at radius 1 is 1.14 bits per heavy atom. The lowest BCUT2D eigenvalue weighted by molar-refractivity contribution is 0.0672. The van der Waals surface area contributed by atoms with Crippen LogP contribution in [0.25, 0.3) is 0 Å². The zero-order valence-corrected chi connectivity index (χ0v) is 16.2. The molecule has 28 heavy (non-hydrogen) atoms. The third-order valence-corrected chi connectivity index (χ3v) is 6.69. The summed E-state index contributed by atoms with van der Waals surface area (Å²) in [6, 6.07) is 12.5. The zero-order chi connectivity index (χ0) is 19.0. The van der Waals surface area contributed by atoms with Gasteiger partial charge in [-0.15, -0.1) is 0 Å². The number of rotatable bonds is 3. The minimum Gasteiger partial charge on any atom is -0.376 e. The van der Waals surface area contributed by atoms with Crippen molar-refractivity contribution >= 4 is 11.6 Å². The summed E-state index contributed by atoms with van der Waals surface area (Å²) in [6.07, 6.45) is 8.11. The molecule has 0 radical (unpaired) electrons. The number of aromatic nitrogens is 1. The number of hydrogen-bond donors (Lipinski definition) is 0. The summed E-state index contributed by atoms with van der Waals surface area (Å²) in [5.41, 5.74) is 3.72. The van der Waals surface area contributed by atoms with E-state index < -0.39 is 0 Å². The van der Waals surface area contributed by atoms with Crippen LogP contribution in [0.15, 0.2) is 48.8 Å². The van der Waals surface area contributed by atoms with Gasteiger partial charge in [0.15, 0.2) is 0 Å². The van der Waals surface area contributed by atoms with Crippen molar-refractivity contribution in [3.63, 3.8) is 0 Å². The first-order chi connectivity index (χ1) is 13.8. The molecule has 5 heteroatoms. The molecule has 5 rings (SSSR count). The highest BCUT2D eigenvalue weighted by Gasteiger charge is 2.45. The van der Waals surface area contributed by atoms with Crippen molar-refractivity contribution in [1.29, 1.82) is 0 Å². The molecule has 4 heterocycles. The molecule has 2 aromatic rings. The Morgan fingerprint density at radius 3 is 2.68 bits per heavy atom. The summed E-state index contributed by atoms with van der Waals surface area (Å²) < 4.78 is 5.90. The minimum absolute atomic E-state index is 0.125. The molecule has 0 bridgehead atoms. The average Bonchev–Trinajstić information content (AvgIpc) is 3.37. The van der Waals surface area contributed by atoms with Crippen LogP contribution in [0.2, 0.25) is 0 Å². The molecular weight excluding hydrogens is 350 g/mol. The molecular formula is C23H27N3O2. The van der Waals surface area contributed by atoms with E-state index in [1.807, 2.05) is 4.90 Å². The molecule has 0 N–H and O–H groups in total. The molecule has 3 aliphatic rings. The molecule has 0 saturated carbocycles. The average molecular weight is 377 g/mol. The van der Waals surface area contributed by atoms with E-state index in [1.54, 1.807) is 24.5 Å². The van der Waals surface area contributed by atoms with Crippen LogP contribution in [-0.2, 0) is 10.2 Å². The van der Waals surface area contributed by atoms with E-state index in [4.69, 9.17) is 4.74 Å². The molecule has 2 fully saturated rings. The van der Waals surface area contributed by atoms with E-state index >= 15 is 0 Å². The number of ether oxygens (including phenoxy) is 1. The molecule has 1 atom stereocenters. The summed E-state index contributed by atoms with van der Waals surface area (Å²) in [7, 11) is 0. The monoisotopic (exact) mass is 377 g/mol. The summed E-state index contributed by atoms with van der Waals surface area (Å²) in [4.78, 5) is 21.4. The molecule has 0 aliphatic carbocycles. The predicted octanol–water partition coefficient (Wildman–Crippen LogP) is 3.25. The quantitative estimate of drug-likeness (QED) is 0.824. The van der Waals surface area contributed by atoms with Gasteiger partial charge in [0.1, 0.15) is 0 Å². The van der Waals surface area contributed by atoms with Crippen LogP contribution < -0.4 is 4.90 Å². The fraction of sp³-hybridized carbons (Fsp3) is 0.478. The molecule has 1 aromatic carbocycles. The third kappa shape index (κ3) is 3.08. The van der Waals surface area contributed by atoms with Crippen molar-refractivity contribution in [3.05, 3.63) is 59.9 Å². The van der Waals surface area contributed by atoms with Gasteiger partial charge in [-0.3, -0.25) is 9.78 Å². The first-order valence-corrected chi connectivity index (χ1v) is 10.4. The van der Waals surface area contributed by atoms with Gasteiger partial charge in [-0.05, 0) is 49.4 Å². The highest BCUT2D eigenvalue weighted by atomic mass is 16.5. The Labute approximate surface area is 166 Å². The van der Waals surface area contributed by atoms with Crippen LogP contribution >= 0.6 is 0 Å². The van der Waals surface area contributed by atoms with Gasteiger partial charge in [-0.2, -0.15) is 0 Å². The van der Waals surface area contributed by atoms with E-state index in [2.05, 4.69) is 34.1 Å². The SMILES string of the molecule is O=C(c1ccncc1)N1CCC2(CC1)CN(C[C@@H]1CCCO1)c1ccccc12. The van der Waals surface area contributed by atoms with Gasteiger partial charge in [0.05, 0.1) is 6.10 Å². The van der Waals surface area contributed by atoms with Gasteiger partial charge in [0.25, 0.3) is 5.91 Å². The number of amides is 1. The molecule has 2 saturated heterocycles. The number of nitrogens with zero attached hydrogens (tertiary/aromatic N) is 3. The number of fused-ring (bicyclic) bond motifs is 2. The number of likely N-dealkylation sites (tertiary alicyclic amines) is 1. The number of anilines is 1. The van der Waals surface area contributed by atoms with Gasteiger partial charge in [-0.25, -0.2) is 0 Å². The normalized spacial score (nSPS) is 23.2. The van der Waals surface area contributed by atoms with Crippen LogP contribution in [0.5, 0.6) is 0 Å². The Morgan fingerprint density at radius 2 is 1.93 bits per heavy atom. The highest BCUT2D eigenvalue weighted by Crippen LogP contribution is 2.47. The standard InChI is InChI=1S/C23H27N3O2/c27-22(18-7-11-24-12-8-18)25-13-9-23(10-14-25)17-26(16-19-4-3-15-28-19)21-6-2-1-5-20(21)23/h1-2,5-8,11-12,19H,3-4,9-10,13-17H2/t19-/m0/s1. The maximum Gasteiger partial charge on any atom is 0.253 e. The lowest BCUT2D eigenvalue weighted by Gasteiger charge is -2.40. The molecule has 1 spiro atoms. The second-order valence-corrected chi connectivity index (χ2v) is 8.34. The lowest BCUT2D eigenvalue weighted by Crippen LogP contribution is -2.47. The second kappa shape index (κ2) is 7.21. The van der Waals surface area contributed by atoms with E-state index in [1.165, 1.54) is 24.1 Å². The topological polar surface area (TPSA) is 45.7 Å². The van der Waals surface area contributed by atoms with Crippen molar-refractivity contribution in [2.75, 3.05) is 37.7 Å². The molecule has 1 amide bonds. The zero-order valence-electron chi connectivity index (χ0n) is 16.2. The number of carbonyl (C=O) groups excluding carboxylic acids is 1. The number of hydrogen-bond acceptors (Lipinski definition) is 4. The largest absolute Gasteiger partial charge is 0.376 e. The number of pyridine rings is 1. The lowest BCUT2D eigenvalue weighted by atomic mass is 9.74. The molecule has 146 valence electrons. The van der Waals surface area contributed by atoms with E-state index in [9.17, 15) is 4.79 Å². The molecule has 5 nitrogen and oxygen atoms in total. The van der Waals surface area contributed by atoms with Gasteiger partial charge >= 0.3 is 0 Å². The maximum atomic E-state index is 12.8. The van der Waals surface area contributed by atoms with Crippen LogP contribution in [-0.4, -0.2) is 54.7 Å². The summed E-state index contributed by atoms with van der Waals surface area (Å²) >= 11 is 0. The first-order valence-electron chi connectivity index (χ1n) is 10.4. The number of benzene rings is 1. The number of para-hydroxylation sites is 1. The number of piperidine rings is 1. The fourth-order valence-corrected chi connectivity index (χ4v) is 5.17. The minimum atomic E-state index is 0.125. The van der Waals surface area contributed by atoms with Crippen molar-refractivity contribution in [2.45, 2.75) is 37.2 Å². The van der Waals surface area contributed by atoms with Crippen molar-refractivity contribution in [1.82, 2.24) is 9.88 Å². The third-order valence-electron chi connectivity index (χ3n) is 6.69. The summed E-state index contributed by atoms with van der Waals surface area (Å²) in [5, 5.41) is 0. The van der Waals surface area contributed by atoms with Crippen molar-refractivity contribution in [3.8, 4) is 0 Å². The van der Waals surface area contributed by atoms with Crippen LogP contribution in [0, 0.1) is 0 Å². The van der Waals surface area contributed by atoms with Crippen molar-refractivity contribution < 1.29 is 9.53 Å². The molecule has 0 unspecified atom stereocenters. The Balaban J connectivity index is 1.33. The van der Waals surface area contributed by atoms with Crippen molar-refractivity contribution in [2.24, 2.45) is 0 Å².